The predicted octanol–water partition coefficient (Wildman–Crippen LogP) is 7.46. The molecule has 260 valence electrons. The van der Waals surface area contributed by atoms with Gasteiger partial charge in [0.25, 0.3) is 15.9 Å². The first-order valence-corrected chi connectivity index (χ1v) is 19.1. The number of likely N-dealkylation sites (tertiary alicyclic amines) is 1. The van der Waals surface area contributed by atoms with Gasteiger partial charge in [-0.15, -0.1) is 4.48 Å². The molecule has 3 aromatic carbocycles. The van der Waals surface area contributed by atoms with Gasteiger partial charge in [-0.25, -0.2) is 17.8 Å². The number of hydrogen-bond donors (Lipinski definition) is 0. The highest BCUT2D eigenvalue weighted by Gasteiger charge is 2.44. The summed E-state index contributed by atoms with van der Waals surface area (Å²) in [6.07, 6.45) is 6.60. The van der Waals surface area contributed by atoms with Crippen molar-refractivity contribution in [3.63, 3.8) is 0 Å². The Morgan fingerprint density at radius 3 is 2.41 bits per heavy atom. The van der Waals surface area contributed by atoms with Gasteiger partial charge in [0.15, 0.2) is 0 Å². The number of benzene rings is 3. The largest absolute Gasteiger partial charge is 0.339 e. The minimum absolute atomic E-state index is 0.131. The van der Waals surface area contributed by atoms with Gasteiger partial charge >= 0.3 is 0 Å². The lowest BCUT2D eigenvalue weighted by Crippen LogP contribution is -2.49. The van der Waals surface area contributed by atoms with Crippen molar-refractivity contribution in [2.24, 2.45) is 0 Å². The molecule has 0 N–H and O–H groups in total. The molecule has 49 heavy (non-hydrogen) atoms. The van der Waals surface area contributed by atoms with Gasteiger partial charge in [0.05, 0.1) is 16.1 Å². The number of imidazole rings is 1. The molecular formula is C37H42ClF2N5O3S. The molecule has 3 aliphatic heterocycles. The topological polar surface area (TPSA) is 78.8 Å². The van der Waals surface area contributed by atoms with Crippen molar-refractivity contribution >= 4 is 38.6 Å². The number of carbonyl (C=O) groups excluding carboxylic acids is 1. The number of para-hydroxylation sites is 2. The van der Waals surface area contributed by atoms with Gasteiger partial charge in [-0.05, 0) is 123 Å². The van der Waals surface area contributed by atoms with E-state index in [1.54, 1.807) is 17.0 Å². The van der Waals surface area contributed by atoms with Crippen molar-refractivity contribution in [1.82, 2.24) is 23.9 Å². The second kappa shape index (κ2) is 13.4. The summed E-state index contributed by atoms with van der Waals surface area (Å²) in [5.74, 6) is 0.445. The van der Waals surface area contributed by atoms with Crippen LogP contribution >= 0.6 is 11.6 Å². The average Bonchev–Trinajstić information content (AvgIpc) is 3.56. The summed E-state index contributed by atoms with van der Waals surface area (Å²) in [5, 5.41) is -0.150. The fourth-order valence-electron chi connectivity index (χ4n) is 8.72. The van der Waals surface area contributed by atoms with Crippen molar-refractivity contribution in [1.29, 1.82) is 0 Å². The molecule has 3 saturated heterocycles. The first kappa shape index (κ1) is 34.1. The molecule has 3 fully saturated rings. The summed E-state index contributed by atoms with van der Waals surface area (Å²) < 4.78 is 56.4. The highest BCUT2D eigenvalue weighted by molar-refractivity contribution is 7.89. The fourth-order valence-corrected chi connectivity index (χ4v) is 10.3. The van der Waals surface area contributed by atoms with Gasteiger partial charge in [0.1, 0.15) is 16.5 Å². The van der Waals surface area contributed by atoms with Crippen LogP contribution in [0.25, 0.3) is 11.0 Å². The van der Waals surface area contributed by atoms with Gasteiger partial charge in [-0.3, -0.25) is 9.69 Å². The standard InChI is InChI=1S/C37H42ClF2N5O3S/c1-3-44(40)49(47,48)35-21-26(11-14-32(35)38)36(46)42-18-15-37(16-19-42,27-7-6-8-28(39)22-27)17-20-43-29-12-13-30(43)24-31(23-29)45-25(2)41-33-9-4-5-10-34(33)45/h4-11,14,21-22,29-31H,3,12-13,15-20,23-24H2,1-2H3/t29-,30+,31?. The number of aromatic nitrogens is 2. The Kier molecular flexibility index (Phi) is 9.32. The third-order valence-corrected chi connectivity index (χ3v) is 13.4. The third kappa shape index (κ3) is 6.28. The molecule has 1 aromatic heterocycles. The summed E-state index contributed by atoms with van der Waals surface area (Å²) in [7, 11) is -4.50. The van der Waals surface area contributed by atoms with Gasteiger partial charge in [0, 0.05) is 43.3 Å². The Bertz CT molecular complexity index is 1970. The number of sulfonamides is 1. The minimum Gasteiger partial charge on any atom is -0.339 e. The molecule has 0 radical (unpaired) electrons. The van der Waals surface area contributed by atoms with Crippen LogP contribution in [-0.2, 0) is 15.4 Å². The number of hydrogen-bond acceptors (Lipinski definition) is 5. The lowest BCUT2D eigenvalue weighted by molar-refractivity contribution is 0.0606. The summed E-state index contributed by atoms with van der Waals surface area (Å²) >= 11 is 6.14. The number of fused-ring (bicyclic) bond motifs is 3. The van der Waals surface area contributed by atoms with E-state index in [-0.39, 0.29) is 38.8 Å². The first-order chi connectivity index (χ1) is 23.5. The molecule has 0 spiro atoms. The normalized spacial score (nSPS) is 22.7. The third-order valence-electron chi connectivity index (χ3n) is 11.3. The number of carbonyl (C=O) groups is 1. The van der Waals surface area contributed by atoms with E-state index >= 15 is 0 Å². The van der Waals surface area contributed by atoms with Crippen molar-refractivity contribution in [3.05, 3.63) is 94.5 Å². The van der Waals surface area contributed by atoms with Crippen LogP contribution in [0.4, 0.5) is 8.87 Å². The quantitative estimate of drug-likeness (QED) is 0.169. The smallest absolute Gasteiger partial charge is 0.270 e. The zero-order valence-corrected chi connectivity index (χ0v) is 29.4. The van der Waals surface area contributed by atoms with E-state index in [1.807, 2.05) is 12.1 Å². The maximum absolute atomic E-state index is 14.6. The average molecular weight is 710 g/mol. The molecule has 7 rings (SSSR count). The lowest BCUT2D eigenvalue weighted by atomic mass is 9.70. The summed E-state index contributed by atoms with van der Waals surface area (Å²) in [4.78, 5) is 22.5. The second-order valence-electron chi connectivity index (χ2n) is 13.9. The molecule has 1 unspecified atom stereocenters. The molecule has 3 atom stereocenters. The van der Waals surface area contributed by atoms with Gasteiger partial charge < -0.3 is 9.47 Å². The van der Waals surface area contributed by atoms with E-state index in [4.69, 9.17) is 16.6 Å². The summed E-state index contributed by atoms with van der Waals surface area (Å²) in [6.45, 7) is 4.83. The number of nitrogens with zero attached hydrogens (tertiary/aromatic N) is 5. The van der Waals surface area contributed by atoms with Crippen molar-refractivity contribution in [3.8, 4) is 0 Å². The number of rotatable bonds is 9. The van der Waals surface area contributed by atoms with Crippen LogP contribution in [0, 0.1) is 12.7 Å². The van der Waals surface area contributed by atoms with E-state index in [9.17, 15) is 22.1 Å². The van der Waals surface area contributed by atoms with E-state index in [1.165, 1.54) is 43.5 Å². The van der Waals surface area contributed by atoms with Crippen LogP contribution in [0.5, 0.6) is 0 Å². The second-order valence-corrected chi connectivity index (χ2v) is 16.0. The Labute approximate surface area is 291 Å². The van der Waals surface area contributed by atoms with E-state index in [0.717, 1.165) is 48.8 Å². The molecule has 4 aromatic rings. The number of piperidine rings is 2. The predicted molar refractivity (Wildman–Crippen MR) is 186 cm³/mol. The summed E-state index contributed by atoms with van der Waals surface area (Å²) in [5.41, 5.74) is 3.00. The minimum atomic E-state index is -4.50. The molecule has 12 heteroatoms. The van der Waals surface area contributed by atoms with E-state index in [2.05, 4.69) is 34.6 Å². The number of amides is 1. The zero-order valence-electron chi connectivity index (χ0n) is 27.9. The van der Waals surface area contributed by atoms with E-state index < -0.39 is 14.9 Å². The monoisotopic (exact) mass is 709 g/mol. The molecule has 0 saturated carbocycles. The highest BCUT2D eigenvalue weighted by Crippen LogP contribution is 2.45. The van der Waals surface area contributed by atoms with Gasteiger partial charge in [0.2, 0.25) is 0 Å². The van der Waals surface area contributed by atoms with Crippen LogP contribution in [-0.4, -0.2) is 76.5 Å². The van der Waals surface area contributed by atoms with Crippen LogP contribution in [0.2, 0.25) is 5.02 Å². The number of aryl methyl sites for hydroxylation is 1. The van der Waals surface area contributed by atoms with Gasteiger partial charge in [-0.2, -0.15) is 0 Å². The van der Waals surface area contributed by atoms with Gasteiger partial charge in [-0.1, -0.05) is 35.9 Å². The Hall–Kier alpha value is -3.38. The van der Waals surface area contributed by atoms with Crippen LogP contribution in [0.15, 0.2) is 71.6 Å². The maximum atomic E-state index is 14.6. The zero-order chi connectivity index (χ0) is 34.5. The Morgan fingerprint density at radius 2 is 1.71 bits per heavy atom. The molecule has 0 aliphatic carbocycles. The first-order valence-electron chi connectivity index (χ1n) is 17.2. The van der Waals surface area contributed by atoms with Crippen molar-refractivity contribution in [2.45, 2.75) is 87.2 Å². The Morgan fingerprint density at radius 1 is 1.00 bits per heavy atom. The van der Waals surface area contributed by atoms with Crippen molar-refractivity contribution < 1.29 is 22.1 Å². The van der Waals surface area contributed by atoms with Crippen LogP contribution in [0.3, 0.4) is 0 Å². The van der Waals surface area contributed by atoms with Crippen molar-refractivity contribution in [2.75, 3.05) is 26.2 Å². The van der Waals surface area contributed by atoms with Crippen LogP contribution in [0.1, 0.15) is 79.7 Å². The number of halogens is 3. The lowest BCUT2D eigenvalue weighted by Gasteiger charge is -2.45. The highest BCUT2D eigenvalue weighted by atomic mass is 35.5. The molecule has 3 aliphatic rings. The SMILES string of the molecule is CCN(F)S(=O)(=O)c1cc(C(=O)N2CCC(CCN3[C@@H]4CC[C@H]3CC(n3c(C)nc5ccccc53)C4)(c3cccc(F)c3)CC2)ccc1Cl. The summed E-state index contributed by atoms with van der Waals surface area (Å²) in [6, 6.07) is 20.5. The molecule has 1 amide bonds. The molecule has 2 bridgehead atoms. The molecule has 4 heterocycles. The molecular weight excluding hydrogens is 668 g/mol. The fraction of sp³-hybridized carbons (Fsp3) is 0.459. The maximum Gasteiger partial charge on any atom is 0.270 e. The Balaban J connectivity index is 1.07. The van der Waals surface area contributed by atoms with Crippen LogP contribution < -0.4 is 0 Å². The molecule has 8 nitrogen and oxygen atoms in total. The van der Waals surface area contributed by atoms with E-state index in [0.29, 0.717) is 44.1 Å².